The van der Waals surface area contributed by atoms with Crippen LogP contribution in [0.5, 0.6) is 0 Å². The van der Waals surface area contributed by atoms with Crippen LogP contribution in [0.4, 0.5) is 0 Å². The SMILES string of the molecule is CC(C)C(O)(C#CCN1CCCC[C@H]1c1cccnc1)C(C)C. The van der Waals surface area contributed by atoms with Gasteiger partial charge in [0.1, 0.15) is 5.60 Å². The molecule has 1 fully saturated rings. The molecule has 3 heteroatoms. The third-order valence-corrected chi connectivity index (χ3v) is 5.01. The highest BCUT2D eigenvalue weighted by molar-refractivity contribution is 5.19. The molecule has 0 aromatic carbocycles. The van der Waals surface area contributed by atoms with Crippen LogP contribution in [0.2, 0.25) is 0 Å². The average molecular weight is 314 g/mol. The third kappa shape index (κ3) is 4.34. The molecular weight excluding hydrogens is 284 g/mol. The lowest BCUT2D eigenvalue weighted by atomic mass is 9.81. The van der Waals surface area contributed by atoms with Crippen LogP contribution >= 0.6 is 0 Å². The molecule has 0 bridgehead atoms. The first-order chi connectivity index (χ1) is 10.9. The van der Waals surface area contributed by atoms with Crippen LogP contribution in [-0.2, 0) is 0 Å². The number of pyridine rings is 1. The van der Waals surface area contributed by atoms with E-state index in [-0.39, 0.29) is 11.8 Å². The van der Waals surface area contributed by atoms with Crippen molar-refractivity contribution >= 4 is 0 Å². The van der Waals surface area contributed by atoms with Gasteiger partial charge >= 0.3 is 0 Å². The molecule has 0 radical (unpaired) electrons. The Morgan fingerprint density at radius 3 is 2.65 bits per heavy atom. The molecule has 0 unspecified atom stereocenters. The summed E-state index contributed by atoms with van der Waals surface area (Å²) in [7, 11) is 0. The van der Waals surface area contributed by atoms with Crippen LogP contribution < -0.4 is 0 Å². The highest BCUT2D eigenvalue weighted by Gasteiger charge is 2.32. The zero-order valence-corrected chi connectivity index (χ0v) is 14.9. The van der Waals surface area contributed by atoms with Crippen molar-refractivity contribution in [1.29, 1.82) is 0 Å². The monoisotopic (exact) mass is 314 g/mol. The zero-order valence-electron chi connectivity index (χ0n) is 14.9. The van der Waals surface area contributed by atoms with Gasteiger partial charge in [-0.15, -0.1) is 0 Å². The van der Waals surface area contributed by atoms with Gasteiger partial charge in [-0.2, -0.15) is 0 Å². The summed E-state index contributed by atoms with van der Waals surface area (Å²) < 4.78 is 0. The summed E-state index contributed by atoms with van der Waals surface area (Å²) in [6.45, 7) is 9.92. The second-order valence-electron chi connectivity index (χ2n) is 7.20. The number of rotatable bonds is 4. The van der Waals surface area contributed by atoms with Crippen molar-refractivity contribution in [3.05, 3.63) is 30.1 Å². The summed E-state index contributed by atoms with van der Waals surface area (Å²) in [5.41, 5.74) is 0.372. The molecule has 1 N–H and O–H groups in total. The molecular formula is C20H30N2O. The van der Waals surface area contributed by atoms with E-state index in [0.717, 1.165) is 13.0 Å². The molecule has 1 aromatic rings. The second kappa shape index (κ2) is 7.95. The minimum absolute atomic E-state index is 0.130. The van der Waals surface area contributed by atoms with Crippen molar-refractivity contribution in [3.8, 4) is 11.8 Å². The molecule has 1 saturated heterocycles. The highest BCUT2D eigenvalue weighted by atomic mass is 16.3. The summed E-state index contributed by atoms with van der Waals surface area (Å²) in [6.07, 6.45) is 7.42. The minimum Gasteiger partial charge on any atom is -0.377 e. The van der Waals surface area contributed by atoms with Gasteiger partial charge < -0.3 is 5.11 Å². The first-order valence-corrected chi connectivity index (χ1v) is 8.81. The van der Waals surface area contributed by atoms with Crippen molar-refractivity contribution in [2.24, 2.45) is 11.8 Å². The quantitative estimate of drug-likeness (QED) is 0.862. The van der Waals surface area contributed by atoms with Gasteiger partial charge in [0.05, 0.1) is 6.54 Å². The molecule has 126 valence electrons. The number of aliphatic hydroxyl groups is 1. The van der Waals surface area contributed by atoms with E-state index in [1.807, 2.05) is 46.2 Å². The fourth-order valence-corrected chi connectivity index (χ4v) is 3.37. The molecule has 1 aliphatic rings. The maximum atomic E-state index is 10.8. The van der Waals surface area contributed by atoms with Gasteiger partial charge in [0.25, 0.3) is 0 Å². The molecule has 0 amide bonds. The molecule has 0 spiro atoms. The van der Waals surface area contributed by atoms with E-state index in [9.17, 15) is 5.11 Å². The summed E-state index contributed by atoms with van der Waals surface area (Å²) in [5.74, 6) is 6.69. The predicted molar refractivity (Wildman–Crippen MR) is 94.8 cm³/mol. The van der Waals surface area contributed by atoms with Crippen molar-refractivity contribution in [2.45, 2.75) is 58.6 Å². The van der Waals surface area contributed by atoms with E-state index in [0.29, 0.717) is 12.6 Å². The van der Waals surface area contributed by atoms with Gasteiger partial charge in [0.15, 0.2) is 0 Å². The Bertz CT molecular complexity index is 534. The third-order valence-electron chi connectivity index (χ3n) is 5.01. The van der Waals surface area contributed by atoms with Crippen molar-refractivity contribution in [1.82, 2.24) is 9.88 Å². The van der Waals surface area contributed by atoms with Crippen molar-refractivity contribution < 1.29 is 5.11 Å². The number of aromatic nitrogens is 1. The average Bonchev–Trinajstić information content (AvgIpc) is 2.55. The topological polar surface area (TPSA) is 36.4 Å². The van der Waals surface area contributed by atoms with Crippen molar-refractivity contribution in [2.75, 3.05) is 13.1 Å². The zero-order chi connectivity index (χ0) is 16.9. The van der Waals surface area contributed by atoms with Gasteiger partial charge in [0.2, 0.25) is 0 Å². The van der Waals surface area contributed by atoms with Crippen LogP contribution in [0, 0.1) is 23.7 Å². The Morgan fingerprint density at radius 2 is 2.04 bits per heavy atom. The maximum Gasteiger partial charge on any atom is 0.130 e. The van der Waals surface area contributed by atoms with E-state index >= 15 is 0 Å². The first kappa shape index (κ1) is 18.0. The molecule has 0 aliphatic carbocycles. The Morgan fingerprint density at radius 1 is 1.30 bits per heavy atom. The summed E-state index contributed by atoms with van der Waals surface area (Å²) in [5, 5.41) is 10.8. The fourth-order valence-electron chi connectivity index (χ4n) is 3.37. The summed E-state index contributed by atoms with van der Waals surface area (Å²) >= 11 is 0. The van der Waals surface area contributed by atoms with Crippen LogP contribution in [0.3, 0.4) is 0 Å². The number of nitrogens with zero attached hydrogens (tertiary/aromatic N) is 2. The van der Waals surface area contributed by atoms with Gasteiger partial charge in [0, 0.05) is 18.4 Å². The Balaban J connectivity index is 2.10. The van der Waals surface area contributed by atoms with E-state index in [1.54, 1.807) is 0 Å². The van der Waals surface area contributed by atoms with Crippen LogP contribution in [0.25, 0.3) is 0 Å². The lowest BCUT2D eigenvalue weighted by Gasteiger charge is -2.35. The minimum atomic E-state index is -0.903. The molecule has 1 aromatic heterocycles. The molecule has 0 saturated carbocycles. The molecule has 3 nitrogen and oxygen atoms in total. The van der Waals surface area contributed by atoms with Gasteiger partial charge in [-0.05, 0) is 42.9 Å². The molecule has 1 aliphatic heterocycles. The maximum absolute atomic E-state index is 10.8. The lowest BCUT2D eigenvalue weighted by molar-refractivity contribution is 0.00910. The molecule has 23 heavy (non-hydrogen) atoms. The number of piperidine rings is 1. The smallest absolute Gasteiger partial charge is 0.130 e. The highest BCUT2D eigenvalue weighted by Crippen LogP contribution is 2.30. The van der Waals surface area contributed by atoms with E-state index in [4.69, 9.17) is 0 Å². The standard InChI is InChI=1S/C20H30N2O/c1-16(2)20(23,17(3)4)11-8-14-22-13-6-5-10-19(22)18-9-7-12-21-15-18/h7,9,12,15-17,19,23H,5-6,10,13-14H2,1-4H3/t19-/m0/s1. The first-order valence-electron chi connectivity index (χ1n) is 8.81. The normalized spacial score (nSPS) is 19.7. The fraction of sp³-hybridized carbons (Fsp3) is 0.650. The van der Waals surface area contributed by atoms with Crippen LogP contribution in [-0.4, -0.2) is 33.7 Å². The van der Waals surface area contributed by atoms with E-state index < -0.39 is 5.60 Å². The predicted octanol–water partition coefficient (Wildman–Crippen LogP) is 3.66. The van der Waals surface area contributed by atoms with E-state index in [1.165, 1.54) is 18.4 Å². The molecule has 2 rings (SSSR count). The second-order valence-corrected chi connectivity index (χ2v) is 7.20. The van der Waals surface area contributed by atoms with Gasteiger partial charge in [-0.3, -0.25) is 9.88 Å². The largest absolute Gasteiger partial charge is 0.377 e. The summed E-state index contributed by atoms with van der Waals surface area (Å²) in [6, 6.07) is 4.56. The number of hydrogen-bond acceptors (Lipinski definition) is 3. The Kier molecular flexibility index (Phi) is 6.21. The van der Waals surface area contributed by atoms with Crippen molar-refractivity contribution in [3.63, 3.8) is 0 Å². The summed E-state index contributed by atoms with van der Waals surface area (Å²) in [4.78, 5) is 6.68. The van der Waals surface area contributed by atoms with E-state index in [2.05, 4.69) is 27.8 Å². The van der Waals surface area contributed by atoms with Gasteiger partial charge in [-0.1, -0.05) is 52.0 Å². The lowest BCUT2D eigenvalue weighted by Crippen LogP contribution is -2.39. The Hall–Kier alpha value is -1.37. The molecule has 1 atom stereocenters. The number of hydrogen-bond donors (Lipinski definition) is 1. The van der Waals surface area contributed by atoms with Crippen LogP contribution in [0.1, 0.15) is 58.6 Å². The molecule has 2 heterocycles. The number of likely N-dealkylation sites (tertiary alicyclic amines) is 1. The Labute approximate surface area is 141 Å². The van der Waals surface area contributed by atoms with Gasteiger partial charge in [-0.25, -0.2) is 0 Å². The van der Waals surface area contributed by atoms with Crippen LogP contribution in [0.15, 0.2) is 24.5 Å².